The second-order valence-corrected chi connectivity index (χ2v) is 5.81. The zero-order valence-corrected chi connectivity index (χ0v) is 13.9. The van der Waals surface area contributed by atoms with E-state index in [0.29, 0.717) is 18.7 Å². The fourth-order valence-corrected chi connectivity index (χ4v) is 2.64. The van der Waals surface area contributed by atoms with Crippen molar-refractivity contribution in [2.24, 2.45) is 7.05 Å². The first kappa shape index (κ1) is 16.8. The highest BCUT2D eigenvalue weighted by Crippen LogP contribution is 2.21. The van der Waals surface area contributed by atoms with Crippen molar-refractivity contribution < 1.29 is 9.18 Å². The Balaban J connectivity index is 1.74. The Bertz CT molecular complexity index is 830. The van der Waals surface area contributed by atoms with Crippen LogP contribution < -0.4 is 5.32 Å². The van der Waals surface area contributed by atoms with Crippen LogP contribution in [0.3, 0.4) is 0 Å². The maximum atomic E-state index is 13.2. The zero-order chi connectivity index (χ0) is 17.6. The van der Waals surface area contributed by atoms with E-state index in [0.717, 1.165) is 11.1 Å². The predicted octanol–water partition coefficient (Wildman–Crippen LogP) is 2.79. The molecule has 5 nitrogen and oxygen atoms in total. The molecule has 6 heteroatoms. The molecule has 0 saturated carbocycles. The van der Waals surface area contributed by atoms with Gasteiger partial charge >= 0.3 is 0 Å². The van der Waals surface area contributed by atoms with E-state index in [2.05, 4.69) is 15.3 Å². The average Bonchev–Trinajstić information content (AvgIpc) is 3.05. The highest BCUT2D eigenvalue weighted by atomic mass is 19.1. The van der Waals surface area contributed by atoms with Crippen LogP contribution in [0.15, 0.2) is 61.2 Å². The third kappa shape index (κ3) is 4.29. The molecule has 0 aliphatic heterocycles. The predicted molar refractivity (Wildman–Crippen MR) is 92.2 cm³/mol. The van der Waals surface area contributed by atoms with E-state index in [-0.39, 0.29) is 11.7 Å². The average molecular weight is 338 g/mol. The maximum Gasteiger partial charge on any atom is 0.221 e. The van der Waals surface area contributed by atoms with E-state index in [1.54, 1.807) is 30.7 Å². The molecule has 3 aromatic rings. The molecule has 1 atom stereocenters. The van der Waals surface area contributed by atoms with Gasteiger partial charge in [-0.05, 0) is 35.7 Å². The molecule has 0 saturated heterocycles. The van der Waals surface area contributed by atoms with E-state index in [9.17, 15) is 9.18 Å². The molecule has 0 aliphatic rings. The van der Waals surface area contributed by atoms with Crippen molar-refractivity contribution in [3.63, 3.8) is 0 Å². The molecule has 1 N–H and O–H groups in total. The molecule has 2 heterocycles. The van der Waals surface area contributed by atoms with Crippen molar-refractivity contribution in [1.82, 2.24) is 19.9 Å². The van der Waals surface area contributed by atoms with Gasteiger partial charge in [-0.2, -0.15) is 0 Å². The van der Waals surface area contributed by atoms with Gasteiger partial charge in [0.05, 0.1) is 0 Å². The number of hydrogen-bond acceptors (Lipinski definition) is 3. The Hall–Kier alpha value is -3.02. The second kappa shape index (κ2) is 7.70. The number of aromatic nitrogens is 3. The number of halogens is 1. The summed E-state index contributed by atoms with van der Waals surface area (Å²) in [4.78, 5) is 20.8. The molecule has 0 radical (unpaired) electrons. The number of hydrogen-bond donors (Lipinski definition) is 1. The van der Waals surface area contributed by atoms with Gasteiger partial charge in [0.15, 0.2) is 0 Å². The van der Waals surface area contributed by atoms with Gasteiger partial charge in [-0.3, -0.25) is 9.78 Å². The van der Waals surface area contributed by atoms with Crippen LogP contribution in [0.25, 0.3) is 0 Å². The van der Waals surface area contributed by atoms with Crippen molar-refractivity contribution >= 4 is 5.91 Å². The third-order valence-corrected chi connectivity index (χ3v) is 3.99. The quantitative estimate of drug-likeness (QED) is 0.752. The summed E-state index contributed by atoms with van der Waals surface area (Å²) in [6.45, 7) is 0. The number of benzene rings is 1. The molecule has 25 heavy (non-hydrogen) atoms. The van der Waals surface area contributed by atoms with Crippen LogP contribution in [-0.2, 0) is 18.3 Å². The smallest absolute Gasteiger partial charge is 0.221 e. The Morgan fingerprint density at radius 2 is 2.04 bits per heavy atom. The first-order chi connectivity index (χ1) is 12.1. The molecule has 1 aromatic carbocycles. The lowest BCUT2D eigenvalue weighted by atomic mass is 10.1. The van der Waals surface area contributed by atoms with E-state index in [4.69, 9.17) is 0 Å². The van der Waals surface area contributed by atoms with Crippen LogP contribution >= 0.6 is 0 Å². The van der Waals surface area contributed by atoms with Crippen molar-refractivity contribution in [2.45, 2.75) is 18.9 Å². The lowest BCUT2D eigenvalue weighted by Crippen LogP contribution is -2.31. The molecular weight excluding hydrogens is 319 g/mol. The van der Waals surface area contributed by atoms with Crippen molar-refractivity contribution in [2.75, 3.05) is 0 Å². The fourth-order valence-electron chi connectivity index (χ4n) is 2.64. The number of nitrogens with one attached hydrogen (secondary N) is 1. The van der Waals surface area contributed by atoms with Gasteiger partial charge in [0.2, 0.25) is 5.91 Å². The highest BCUT2D eigenvalue weighted by molar-refractivity contribution is 5.77. The molecule has 1 unspecified atom stereocenters. The monoisotopic (exact) mass is 338 g/mol. The molecule has 3 rings (SSSR count). The lowest BCUT2D eigenvalue weighted by molar-refractivity contribution is -0.121. The number of amides is 1. The Morgan fingerprint density at radius 1 is 1.24 bits per heavy atom. The first-order valence-electron chi connectivity index (χ1n) is 8.04. The summed E-state index contributed by atoms with van der Waals surface area (Å²) >= 11 is 0. The summed E-state index contributed by atoms with van der Waals surface area (Å²) in [6.07, 6.45) is 7.89. The summed E-state index contributed by atoms with van der Waals surface area (Å²) in [6, 6.07) is 9.45. The van der Waals surface area contributed by atoms with E-state index < -0.39 is 6.04 Å². The maximum absolute atomic E-state index is 13.2. The van der Waals surface area contributed by atoms with Crippen molar-refractivity contribution in [3.8, 4) is 0 Å². The van der Waals surface area contributed by atoms with Gasteiger partial charge in [-0.1, -0.05) is 18.2 Å². The van der Waals surface area contributed by atoms with E-state index in [1.165, 1.54) is 12.1 Å². The second-order valence-electron chi connectivity index (χ2n) is 5.81. The minimum atomic E-state index is -0.429. The minimum Gasteiger partial charge on any atom is -0.342 e. The van der Waals surface area contributed by atoms with Gasteiger partial charge in [0.1, 0.15) is 17.7 Å². The van der Waals surface area contributed by atoms with Gasteiger partial charge in [-0.25, -0.2) is 9.37 Å². The molecule has 0 fully saturated rings. The van der Waals surface area contributed by atoms with Gasteiger partial charge in [-0.15, -0.1) is 0 Å². The largest absolute Gasteiger partial charge is 0.342 e. The molecule has 2 aromatic heterocycles. The van der Waals surface area contributed by atoms with Crippen LogP contribution in [0.1, 0.15) is 29.4 Å². The SMILES string of the molecule is Cn1ccnc1C(NC(=O)CCc1cccnc1)c1ccc(F)cc1. The lowest BCUT2D eigenvalue weighted by Gasteiger charge is -2.19. The highest BCUT2D eigenvalue weighted by Gasteiger charge is 2.20. The van der Waals surface area contributed by atoms with Crippen molar-refractivity contribution in [1.29, 1.82) is 0 Å². The molecule has 1 amide bonds. The van der Waals surface area contributed by atoms with Gasteiger partial charge in [0, 0.05) is 38.3 Å². The van der Waals surface area contributed by atoms with Crippen LogP contribution in [0.2, 0.25) is 0 Å². The zero-order valence-electron chi connectivity index (χ0n) is 13.9. The Kier molecular flexibility index (Phi) is 5.18. The Morgan fingerprint density at radius 3 is 2.68 bits per heavy atom. The van der Waals surface area contributed by atoms with Crippen LogP contribution in [0, 0.1) is 5.82 Å². The van der Waals surface area contributed by atoms with E-state index in [1.807, 2.05) is 29.9 Å². The van der Waals surface area contributed by atoms with Crippen LogP contribution in [0.5, 0.6) is 0 Å². The minimum absolute atomic E-state index is 0.0961. The number of carbonyl (C=O) groups is 1. The molecule has 128 valence electrons. The summed E-state index contributed by atoms with van der Waals surface area (Å²) in [7, 11) is 1.86. The van der Waals surface area contributed by atoms with Crippen molar-refractivity contribution in [3.05, 3.63) is 84.0 Å². The number of rotatable bonds is 6. The van der Waals surface area contributed by atoms with E-state index >= 15 is 0 Å². The van der Waals surface area contributed by atoms with Crippen LogP contribution in [-0.4, -0.2) is 20.4 Å². The Labute approximate surface area is 145 Å². The first-order valence-corrected chi connectivity index (χ1v) is 8.04. The molecular formula is C19H19FN4O. The topological polar surface area (TPSA) is 59.8 Å². The number of imidazole rings is 1. The molecule has 0 spiro atoms. The number of nitrogens with zero attached hydrogens (tertiary/aromatic N) is 3. The standard InChI is InChI=1S/C19H19FN4O/c1-24-12-11-22-19(24)18(15-5-7-16(20)8-6-15)23-17(25)9-4-14-3-2-10-21-13-14/h2-3,5-8,10-13,18H,4,9H2,1H3,(H,23,25). The fraction of sp³-hybridized carbons (Fsp3) is 0.211. The summed E-state index contributed by atoms with van der Waals surface area (Å²) in [5.74, 6) is 0.285. The number of carbonyl (C=O) groups excluding carboxylic acids is 1. The summed E-state index contributed by atoms with van der Waals surface area (Å²) in [5, 5.41) is 3.00. The summed E-state index contributed by atoms with van der Waals surface area (Å²) < 4.78 is 15.1. The number of aryl methyl sites for hydroxylation is 2. The van der Waals surface area contributed by atoms with Gasteiger partial charge in [0.25, 0.3) is 0 Å². The molecule has 0 aliphatic carbocycles. The third-order valence-electron chi connectivity index (χ3n) is 3.99. The van der Waals surface area contributed by atoms with Gasteiger partial charge < -0.3 is 9.88 Å². The summed E-state index contributed by atoms with van der Waals surface area (Å²) in [5.41, 5.74) is 1.79. The normalized spacial score (nSPS) is 11.9. The van der Waals surface area contributed by atoms with Crippen LogP contribution in [0.4, 0.5) is 4.39 Å². The molecule has 0 bridgehead atoms. The number of pyridine rings is 1.